The molecular formula is C19H24N2O2. The highest BCUT2D eigenvalue weighted by Crippen LogP contribution is 2.32. The van der Waals surface area contributed by atoms with Gasteiger partial charge in [-0.3, -0.25) is 4.79 Å². The number of aromatic amines is 1. The lowest BCUT2D eigenvalue weighted by atomic mass is 9.92. The zero-order valence-corrected chi connectivity index (χ0v) is 14.3. The van der Waals surface area contributed by atoms with Gasteiger partial charge in [0.25, 0.3) is 0 Å². The van der Waals surface area contributed by atoms with E-state index >= 15 is 0 Å². The molecule has 0 fully saturated rings. The molecule has 1 aliphatic heterocycles. The minimum Gasteiger partial charge on any atom is -0.497 e. The quantitative estimate of drug-likeness (QED) is 0.916. The molecule has 2 aromatic rings. The van der Waals surface area contributed by atoms with Crippen LogP contribution in [0.4, 0.5) is 0 Å². The van der Waals surface area contributed by atoms with E-state index in [0.29, 0.717) is 6.54 Å². The fraction of sp³-hybridized carbons (Fsp3) is 0.421. The third kappa shape index (κ3) is 2.98. The number of aromatic nitrogens is 1. The molecule has 23 heavy (non-hydrogen) atoms. The number of fused-ring (bicyclic) bond motifs is 1. The Kier molecular flexibility index (Phi) is 3.92. The summed E-state index contributed by atoms with van der Waals surface area (Å²) in [4.78, 5) is 17.6. The van der Waals surface area contributed by atoms with Crippen LogP contribution in [0.2, 0.25) is 0 Å². The van der Waals surface area contributed by atoms with Crippen molar-refractivity contribution in [2.24, 2.45) is 5.41 Å². The Morgan fingerprint density at radius 3 is 2.70 bits per heavy atom. The number of nitrogens with one attached hydrogen (secondary N) is 1. The molecule has 0 atom stereocenters. The predicted molar refractivity (Wildman–Crippen MR) is 93.5 cm³/mol. The van der Waals surface area contributed by atoms with Gasteiger partial charge in [-0.1, -0.05) is 26.8 Å². The van der Waals surface area contributed by atoms with Crippen LogP contribution < -0.4 is 4.74 Å². The highest BCUT2D eigenvalue weighted by molar-refractivity contribution is 5.94. The summed E-state index contributed by atoms with van der Waals surface area (Å²) in [6, 6.07) is 6.06. The number of carbonyl (C=O) groups excluding carboxylic acids is 1. The number of methoxy groups -OCH3 is 1. The van der Waals surface area contributed by atoms with E-state index < -0.39 is 0 Å². The van der Waals surface area contributed by atoms with E-state index in [1.807, 2.05) is 37.8 Å². The van der Waals surface area contributed by atoms with Crippen LogP contribution in [-0.4, -0.2) is 36.0 Å². The van der Waals surface area contributed by atoms with Crippen molar-refractivity contribution < 1.29 is 9.53 Å². The van der Waals surface area contributed by atoms with Crippen molar-refractivity contribution in [2.75, 3.05) is 20.2 Å². The zero-order chi connectivity index (χ0) is 16.6. The van der Waals surface area contributed by atoms with Crippen LogP contribution in [0.5, 0.6) is 5.75 Å². The van der Waals surface area contributed by atoms with Gasteiger partial charge in [-0.15, -0.1) is 0 Å². The molecule has 0 saturated heterocycles. The molecular weight excluding hydrogens is 288 g/mol. The van der Waals surface area contributed by atoms with Crippen LogP contribution >= 0.6 is 0 Å². The number of hydrogen-bond acceptors (Lipinski definition) is 2. The highest BCUT2D eigenvalue weighted by atomic mass is 16.5. The zero-order valence-electron chi connectivity index (χ0n) is 14.3. The molecule has 1 aromatic carbocycles. The van der Waals surface area contributed by atoms with E-state index in [9.17, 15) is 4.79 Å². The summed E-state index contributed by atoms with van der Waals surface area (Å²) in [6.45, 7) is 7.38. The molecule has 0 unspecified atom stereocenters. The topological polar surface area (TPSA) is 45.3 Å². The van der Waals surface area contributed by atoms with Gasteiger partial charge in [0.1, 0.15) is 5.75 Å². The summed E-state index contributed by atoms with van der Waals surface area (Å²) in [6.07, 6.45) is 5.11. The fourth-order valence-electron chi connectivity index (χ4n) is 3.06. The van der Waals surface area contributed by atoms with Gasteiger partial charge in [0.05, 0.1) is 7.11 Å². The van der Waals surface area contributed by atoms with E-state index in [4.69, 9.17) is 4.74 Å². The largest absolute Gasteiger partial charge is 0.497 e. The second-order valence-corrected chi connectivity index (χ2v) is 7.09. The first kappa shape index (κ1) is 15.7. The average Bonchev–Trinajstić information content (AvgIpc) is 2.96. The van der Waals surface area contributed by atoms with Gasteiger partial charge in [0, 0.05) is 41.2 Å². The lowest BCUT2D eigenvalue weighted by Gasteiger charge is -2.32. The molecule has 3 rings (SSSR count). The van der Waals surface area contributed by atoms with Crippen molar-refractivity contribution in [3.8, 4) is 5.75 Å². The first-order valence-corrected chi connectivity index (χ1v) is 8.04. The van der Waals surface area contributed by atoms with Gasteiger partial charge in [0.2, 0.25) is 5.91 Å². The first-order valence-electron chi connectivity index (χ1n) is 8.04. The van der Waals surface area contributed by atoms with E-state index in [1.165, 1.54) is 16.5 Å². The summed E-state index contributed by atoms with van der Waals surface area (Å²) >= 11 is 0. The molecule has 1 amide bonds. The summed E-state index contributed by atoms with van der Waals surface area (Å²) < 4.78 is 5.33. The van der Waals surface area contributed by atoms with Crippen LogP contribution in [-0.2, 0) is 4.79 Å². The maximum absolute atomic E-state index is 12.4. The highest BCUT2D eigenvalue weighted by Gasteiger charge is 2.28. The normalized spacial score (nSPS) is 15.7. The number of rotatable bonds is 2. The number of nitrogens with zero attached hydrogens (tertiary/aromatic N) is 1. The smallest absolute Gasteiger partial charge is 0.228 e. The Morgan fingerprint density at radius 1 is 1.30 bits per heavy atom. The number of carbonyl (C=O) groups is 1. The number of amides is 1. The molecule has 0 bridgehead atoms. The van der Waals surface area contributed by atoms with Crippen LogP contribution in [0.25, 0.3) is 16.5 Å². The SMILES string of the molecule is COc1ccc2[nH]cc(C3=CCN(C(=O)C(C)(C)C)CC3)c2c1. The summed E-state index contributed by atoms with van der Waals surface area (Å²) in [5.41, 5.74) is 3.29. The van der Waals surface area contributed by atoms with E-state index in [2.05, 4.69) is 23.3 Å². The van der Waals surface area contributed by atoms with Crippen molar-refractivity contribution in [3.63, 3.8) is 0 Å². The Labute approximate surface area is 137 Å². The van der Waals surface area contributed by atoms with Crippen LogP contribution in [0.3, 0.4) is 0 Å². The third-order valence-electron chi connectivity index (χ3n) is 4.37. The van der Waals surface area contributed by atoms with Gasteiger partial charge in [0.15, 0.2) is 0 Å². The molecule has 4 heteroatoms. The lowest BCUT2D eigenvalue weighted by Crippen LogP contribution is -2.41. The number of hydrogen-bond donors (Lipinski definition) is 1. The Bertz CT molecular complexity index is 765. The predicted octanol–water partition coefficient (Wildman–Crippen LogP) is 3.84. The van der Waals surface area contributed by atoms with E-state index in [0.717, 1.165) is 24.2 Å². The van der Waals surface area contributed by atoms with Crippen molar-refractivity contribution in [2.45, 2.75) is 27.2 Å². The molecule has 2 heterocycles. The second kappa shape index (κ2) is 5.76. The molecule has 122 valence electrons. The fourth-order valence-corrected chi connectivity index (χ4v) is 3.06. The first-order chi connectivity index (χ1) is 10.9. The number of H-pyrrole nitrogens is 1. The molecule has 0 saturated carbocycles. The molecule has 0 aliphatic carbocycles. The van der Waals surface area contributed by atoms with Crippen LogP contribution in [0, 0.1) is 5.41 Å². The van der Waals surface area contributed by atoms with Gasteiger partial charge in [-0.25, -0.2) is 0 Å². The monoisotopic (exact) mass is 312 g/mol. The van der Waals surface area contributed by atoms with Crippen LogP contribution in [0.1, 0.15) is 32.8 Å². The van der Waals surface area contributed by atoms with E-state index in [1.54, 1.807) is 7.11 Å². The summed E-state index contributed by atoms with van der Waals surface area (Å²) in [5, 5.41) is 1.17. The average molecular weight is 312 g/mol. The standard InChI is InChI=1S/C19H24N2O2/c1-19(2,3)18(22)21-9-7-13(8-10-21)16-12-20-17-6-5-14(23-4)11-15(16)17/h5-7,11-12,20H,8-10H2,1-4H3. The van der Waals surface area contributed by atoms with Gasteiger partial charge < -0.3 is 14.6 Å². The second-order valence-electron chi connectivity index (χ2n) is 7.09. The molecule has 4 nitrogen and oxygen atoms in total. The number of benzene rings is 1. The Hall–Kier alpha value is -2.23. The minimum atomic E-state index is -0.320. The lowest BCUT2D eigenvalue weighted by molar-refractivity contribution is -0.138. The molecule has 0 radical (unpaired) electrons. The molecule has 1 aromatic heterocycles. The Morgan fingerprint density at radius 2 is 2.09 bits per heavy atom. The van der Waals surface area contributed by atoms with E-state index in [-0.39, 0.29) is 11.3 Å². The van der Waals surface area contributed by atoms with Gasteiger partial charge in [-0.2, -0.15) is 0 Å². The summed E-state index contributed by atoms with van der Waals surface area (Å²) in [7, 11) is 1.68. The van der Waals surface area contributed by atoms with Crippen LogP contribution in [0.15, 0.2) is 30.5 Å². The summed E-state index contributed by atoms with van der Waals surface area (Å²) in [5.74, 6) is 1.08. The molecule has 1 aliphatic rings. The third-order valence-corrected chi connectivity index (χ3v) is 4.37. The van der Waals surface area contributed by atoms with Crippen molar-refractivity contribution >= 4 is 22.4 Å². The van der Waals surface area contributed by atoms with Gasteiger partial charge >= 0.3 is 0 Å². The van der Waals surface area contributed by atoms with Crippen molar-refractivity contribution in [1.29, 1.82) is 0 Å². The van der Waals surface area contributed by atoms with Gasteiger partial charge in [-0.05, 0) is 30.2 Å². The Balaban J connectivity index is 1.87. The maximum atomic E-state index is 12.4. The number of ether oxygens (including phenoxy) is 1. The van der Waals surface area contributed by atoms with Crippen molar-refractivity contribution in [1.82, 2.24) is 9.88 Å². The van der Waals surface area contributed by atoms with Crippen molar-refractivity contribution in [3.05, 3.63) is 36.0 Å². The molecule has 0 spiro atoms. The minimum absolute atomic E-state index is 0.216. The maximum Gasteiger partial charge on any atom is 0.228 e. The molecule has 1 N–H and O–H groups in total.